The molecule has 0 aromatic heterocycles. The van der Waals surface area contributed by atoms with Crippen LogP contribution in [0.2, 0.25) is 0 Å². The van der Waals surface area contributed by atoms with Crippen molar-refractivity contribution >= 4 is 5.91 Å². The van der Waals surface area contributed by atoms with Crippen molar-refractivity contribution in [3.05, 3.63) is 12.2 Å². The van der Waals surface area contributed by atoms with E-state index in [2.05, 4.69) is 31.3 Å². The minimum atomic E-state index is -1.15. The molecule has 0 saturated heterocycles. The average Bonchev–Trinajstić information content (AvgIpc) is 3.10. The number of rotatable bonds is 40. The van der Waals surface area contributed by atoms with Gasteiger partial charge in [0.05, 0.1) is 18.8 Å². The molecule has 0 spiro atoms. The Kier molecular flexibility index (Phi) is 39.1. The van der Waals surface area contributed by atoms with Gasteiger partial charge < -0.3 is 20.6 Å². The van der Waals surface area contributed by atoms with Gasteiger partial charge in [0.15, 0.2) is 0 Å². The number of aliphatic hydroxyl groups is 3. The molecule has 0 radical (unpaired) electrons. The van der Waals surface area contributed by atoms with Gasteiger partial charge in [0.2, 0.25) is 5.91 Å². The summed E-state index contributed by atoms with van der Waals surface area (Å²) in [6, 6.07) is -0.820. The van der Waals surface area contributed by atoms with E-state index in [4.69, 9.17) is 0 Å². The maximum Gasteiger partial charge on any atom is 0.220 e. The van der Waals surface area contributed by atoms with Gasteiger partial charge in [0, 0.05) is 6.42 Å². The third kappa shape index (κ3) is 35.3. The molecule has 3 atom stereocenters. The number of unbranched alkanes of at least 4 members (excludes halogenated alkanes) is 30. The second-order valence-electron chi connectivity index (χ2n) is 15.3. The maximum absolute atomic E-state index is 12.4. The molecule has 292 valence electrons. The van der Waals surface area contributed by atoms with E-state index in [0.717, 1.165) is 38.5 Å². The van der Waals surface area contributed by atoms with Crippen LogP contribution in [0.3, 0.4) is 0 Å². The molecule has 0 rings (SSSR count). The van der Waals surface area contributed by atoms with Crippen LogP contribution in [0.25, 0.3) is 0 Å². The molecule has 3 unspecified atom stereocenters. The van der Waals surface area contributed by atoms with Crippen LogP contribution >= 0.6 is 0 Å². The highest BCUT2D eigenvalue weighted by Gasteiger charge is 2.26. The van der Waals surface area contributed by atoms with Crippen LogP contribution in [0.5, 0.6) is 0 Å². The highest BCUT2D eigenvalue weighted by molar-refractivity contribution is 5.76. The average molecular weight is 694 g/mol. The van der Waals surface area contributed by atoms with Gasteiger partial charge in [-0.2, -0.15) is 0 Å². The lowest BCUT2D eigenvalue weighted by Gasteiger charge is -2.26. The molecule has 0 aliphatic rings. The Bertz CT molecular complexity index is 684. The monoisotopic (exact) mass is 694 g/mol. The predicted molar refractivity (Wildman–Crippen MR) is 213 cm³/mol. The summed E-state index contributed by atoms with van der Waals surface area (Å²) in [6.07, 6.45) is 46.1. The number of nitrogens with one attached hydrogen (secondary N) is 1. The Morgan fingerprint density at radius 3 is 1.18 bits per heavy atom. The molecule has 0 heterocycles. The summed E-state index contributed by atoms with van der Waals surface area (Å²) in [5, 5.41) is 33.5. The zero-order valence-electron chi connectivity index (χ0n) is 33.1. The van der Waals surface area contributed by atoms with E-state index in [1.807, 2.05) is 0 Å². The summed E-state index contributed by atoms with van der Waals surface area (Å²) >= 11 is 0. The lowest BCUT2D eigenvalue weighted by molar-refractivity contribution is -0.124. The predicted octanol–water partition coefficient (Wildman–Crippen LogP) is 12.4. The number of aliphatic hydroxyl groups excluding tert-OH is 3. The Labute approximate surface area is 306 Å². The number of amides is 1. The van der Waals surface area contributed by atoms with Gasteiger partial charge in [-0.15, -0.1) is 0 Å². The molecule has 0 fully saturated rings. The number of hydrogen-bond donors (Lipinski definition) is 4. The van der Waals surface area contributed by atoms with Crippen molar-refractivity contribution in [2.24, 2.45) is 0 Å². The van der Waals surface area contributed by atoms with Crippen molar-refractivity contribution in [3.8, 4) is 0 Å². The van der Waals surface area contributed by atoms with Crippen LogP contribution in [0.1, 0.15) is 239 Å². The third-order valence-electron chi connectivity index (χ3n) is 10.4. The Balaban J connectivity index is 3.64. The van der Waals surface area contributed by atoms with Crippen LogP contribution < -0.4 is 5.32 Å². The SMILES string of the molecule is CCCCCCCCCCCCCCCCC/C=C/CCCC(O)C(O)C(CO)NC(=O)CCCCCCCCCCCCCCCCC. The first-order chi connectivity index (χ1) is 24.1. The Hall–Kier alpha value is -0.910. The molecule has 0 saturated carbocycles. The smallest absolute Gasteiger partial charge is 0.220 e. The van der Waals surface area contributed by atoms with Gasteiger partial charge in [0.1, 0.15) is 6.10 Å². The van der Waals surface area contributed by atoms with Crippen molar-refractivity contribution < 1.29 is 20.1 Å². The van der Waals surface area contributed by atoms with Crippen LogP contribution in [-0.4, -0.2) is 46.1 Å². The van der Waals surface area contributed by atoms with E-state index in [1.54, 1.807) is 0 Å². The van der Waals surface area contributed by atoms with E-state index in [-0.39, 0.29) is 12.5 Å². The molecule has 0 bridgehead atoms. The number of hydrogen-bond acceptors (Lipinski definition) is 4. The first kappa shape index (κ1) is 48.1. The summed E-state index contributed by atoms with van der Waals surface area (Å²) in [6.45, 7) is 4.18. The van der Waals surface area contributed by atoms with E-state index >= 15 is 0 Å². The van der Waals surface area contributed by atoms with E-state index < -0.39 is 18.2 Å². The summed E-state index contributed by atoms with van der Waals surface area (Å²) in [5.74, 6) is -0.151. The standard InChI is InChI=1S/C44H87NO4/c1-3-5-7-9-11-13-15-17-19-20-21-22-23-25-26-28-30-32-34-36-38-42(47)44(49)41(40-46)45-43(48)39-37-35-33-31-29-27-24-18-16-14-12-10-8-6-4-2/h30,32,41-42,44,46-47,49H,3-29,31,33-40H2,1-2H3,(H,45,48)/b32-30+. The van der Waals surface area contributed by atoms with Crippen LogP contribution in [0.15, 0.2) is 12.2 Å². The van der Waals surface area contributed by atoms with E-state index in [9.17, 15) is 20.1 Å². The van der Waals surface area contributed by atoms with Crippen LogP contribution in [0, 0.1) is 0 Å². The minimum absolute atomic E-state index is 0.151. The molecule has 0 aliphatic carbocycles. The molecular weight excluding hydrogens is 606 g/mol. The second-order valence-corrected chi connectivity index (χ2v) is 15.3. The minimum Gasteiger partial charge on any atom is -0.394 e. The highest BCUT2D eigenvalue weighted by atomic mass is 16.3. The van der Waals surface area contributed by atoms with Crippen LogP contribution in [-0.2, 0) is 4.79 Å². The Morgan fingerprint density at radius 1 is 0.490 bits per heavy atom. The second kappa shape index (κ2) is 39.9. The number of carbonyl (C=O) groups is 1. The van der Waals surface area contributed by atoms with Crippen molar-refractivity contribution in [1.82, 2.24) is 5.32 Å². The van der Waals surface area contributed by atoms with Gasteiger partial charge in [-0.05, 0) is 38.5 Å². The first-order valence-corrected chi connectivity index (χ1v) is 22.0. The number of allylic oxidation sites excluding steroid dienone is 2. The lowest BCUT2D eigenvalue weighted by Crippen LogP contribution is -2.50. The van der Waals surface area contributed by atoms with Crippen molar-refractivity contribution in [1.29, 1.82) is 0 Å². The van der Waals surface area contributed by atoms with Crippen molar-refractivity contribution in [2.45, 2.75) is 257 Å². The molecule has 4 N–H and O–H groups in total. The fourth-order valence-corrected chi connectivity index (χ4v) is 6.93. The van der Waals surface area contributed by atoms with Gasteiger partial charge in [-0.3, -0.25) is 4.79 Å². The zero-order chi connectivity index (χ0) is 35.9. The topological polar surface area (TPSA) is 89.8 Å². The van der Waals surface area contributed by atoms with Gasteiger partial charge in [0.25, 0.3) is 0 Å². The van der Waals surface area contributed by atoms with Gasteiger partial charge in [-0.1, -0.05) is 206 Å². The fourth-order valence-electron chi connectivity index (χ4n) is 6.93. The lowest BCUT2D eigenvalue weighted by atomic mass is 10.0. The van der Waals surface area contributed by atoms with Gasteiger partial charge >= 0.3 is 0 Å². The van der Waals surface area contributed by atoms with Gasteiger partial charge in [-0.25, -0.2) is 0 Å². The maximum atomic E-state index is 12.4. The molecular formula is C44H87NO4. The molecule has 49 heavy (non-hydrogen) atoms. The molecule has 0 aromatic rings. The molecule has 0 aliphatic heterocycles. The fraction of sp³-hybridized carbons (Fsp3) is 0.932. The highest BCUT2D eigenvalue weighted by Crippen LogP contribution is 2.16. The largest absolute Gasteiger partial charge is 0.394 e. The zero-order valence-corrected chi connectivity index (χ0v) is 33.1. The summed E-state index contributed by atoms with van der Waals surface area (Å²) < 4.78 is 0. The Morgan fingerprint density at radius 2 is 0.816 bits per heavy atom. The van der Waals surface area contributed by atoms with Crippen LogP contribution in [0.4, 0.5) is 0 Å². The summed E-state index contributed by atoms with van der Waals surface area (Å²) in [4.78, 5) is 12.4. The van der Waals surface area contributed by atoms with Crippen molar-refractivity contribution in [2.75, 3.05) is 6.61 Å². The van der Waals surface area contributed by atoms with Crippen molar-refractivity contribution in [3.63, 3.8) is 0 Å². The molecule has 5 heteroatoms. The quantitative estimate of drug-likeness (QED) is 0.0380. The molecule has 0 aromatic carbocycles. The van der Waals surface area contributed by atoms with E-state index in [0.29, 0.717) is 12.8 Å². The molecule has 1 amide bonds. The summed E-state index contributed by atoms with van der Waals surface area (Å²) in [7, 11) is 0. The molecule has 5 nitrogen and oxygen atoms in total. The third-order valence-corrected chi connectivity index (χ3v) is 10.4. The first-order valence-electron chi connectivity index (χ1n) is 22.0. The summed E-state index contributed by atoms with van der Waals surface area (Å²) in [5.41, 5.74) is 0. The normalized spacial score (nSPS) is 13.7. The number of carbonyl (C=O) groups excluding carboxylic acids is 1. The van der Waals surface area contributed by atoms with E-state index in [1.165, 1.54) is 173 Å².